The van der Waals surface area contributed by atoms with Crippen LogP contribution in [0.3, 0.4) is 0 Å². The van der Waals surface area contributed by atoms with Gasteiger partial charge in [0.15, 0.2) is 0 Å². The van der Waals surface area contributed by atoms with Gasteiger partial charge in [-0.1, -0.05) is 15.9 Å². The number of rotatable bonds is 3. The van der Waals surface area contributed by atoms with Crippen LogP contribution in [0.1, 0.15) is 45.1 Å². The van der Waals surface area contributed by atoms with Crippen LogP contribution in [-0.4, -0.2) is 20.0 Å². The van der Waals surface area contributed by atoms with Crippen molar-refractivity contribution in [1.29, 1.82) is 0 Å². The van der Waals surface area contributed by atoms with Gasteiger partial charge < -0.3 is 5.32 Å². The number of nitrogens with zero attached hydrogens (tertiary/aromatic N) is 2. The Kier molecular flexibility index (Phi) is 4.02. The highest BCUT2D eigenvalue weighted by Crippen LogP contribution is 2.25. The third-order valence-electron chi connectivity index (χ3n) is 2.59. The second-order valence-electron chi connectivity index (χ2n) is 5.01. The first kappa shape index (κ1) is 14.2. The molecule has 1 heterocycles. The fraction of sp³-hybridized carbons (Fsp3) is 0.667. The standard InChI is InChI=1S/C12H20BrN3O/c1-7(2)16-9(4)10(8(3)15-16)14-11(17)12(5,6)13/h7H,1-6H3,(H,14,17). The number of halogens is 1. The van der Waals surface area contributed by atoms with E-state index in [0.717, 1.165) is 17.1 Å². The van der Waals surface area contributed by atoms with Gasteiger partial charge in [-0.2, -0.15) is 5.10 Å². The molecule has 5 heteroatoms. The first-order chi connectivity index (χ1) is 7.64. The molecule has 0 fully saturated rings. The Hall–Kier alpha value is -0.840. The summed E-state index contributed by atoms with van der Waals surface area (Å²) in [6, 6.07) is 0.288. The minimum Gasteiger partial charge on any atom is -0.322 e. The van der Waals surface area contributed by atoms with Gasteiger partial charge in [-0.25, -0.2) is 0 Å². The second kappa shape index (κ2) is 4.80. The average Bonchev–Trinajstić information content (AvgIpc) is 2.44. The largest absolute Gasteiger partial charge is 0.322 e. The molecular formula is C12H20BrN3O. The molecule has 0 bridgehead atoms. The van der Waals surface area contributed by atoms with Crippen molar-refractivity contribution >= 4 is 27.5 Å². The summed E-state index contributed by atoms with van der Waals surface area (Å²) in [6.45, 7) is 11.7. The summed E-state index contributed by atoms with van der Waals surface area (Å²) >= 11 is 3.35. The number of carbonyl (C=O) groups excluding carboxylic acids is 1. The zero-order valence-corrected chi connectivity index (χ0v) is 12.8. The van der Waals surface area contributed by atoms with Gasteiger partial charge in [0.1, 0.15) is 0 Å². The third-order valence-corrected chi connectivity index (χ3v) is 2.95. The molecule has 0 atom stereocenters. The van der Waals surface area contributed by atoms with Crippen LogP contribution in [0.25, 0.3) is 0 Å². The van der Waals surface area contributed by atoms with Crippen LogP contribution >= 0.6 is 15.9 Å². The molecule has 0 radical (unpaired) electrons. The predicted octanol–water partition coefficient (Wildman–Crippen LogP) is 3.19. The summed E-state index contributed by atoms with van der Waals surface area (Å²) in [6.07, 6.45) is 0. The van der Waals surface area contributed by atoms with Crippen LogP contribution in [0.4, 0.5) is 5.69 Å². The maximum absolute atomic E-state index is 11.9. The summed E-state index contributed by atoms with van der Waals surface area (Å²) in [7, 11) is 0. The van der Waals surface area contributed by atoms with Crippen molar-refractivity contribution in [2.45, 2.75) is 51.9 Å². The molecule has 0 aromatic carbocycles. The lowest BCUT2D eigenvalue weighted by molar-refractivity contribution is -0.117. The van der Waals surface area contributed by atoms with Gasteiger partial charge in [-0.3, -0.25) is 9.48 Å². The maximum atomic E-state index is 11.9. The number of nitrogens with one attached hydrogen (secondary N) is 1. The zero-order valence-electron chi connectivity index (χ0n) is 11.3. The molecule has 0 aliphatic rings. The summed E-state index contributed by atoms with van der Waals surface area (Å²) in [5.41, 5.74) is 2.65. The van der Waals surface area contributed by atoms with Crippen molar-refractivity contribution in [3.05, 3.63) is 11.4 Å². The molecule has 0 saturated carbocycles. The van der Waals surface area contributed by atoms with Gasteiger partial charge in [-0.15, -0.1) is 0 Å². The van der Waals surface area contributed by atoms with Crippen LogP contribution < -0.4 is 5.32 Å². The van der Waals surface area contributed by atoms with Crippen molar-refractivity contribution in [2.24, 2.45) is 0 Å². The average molecular weight is 302 g/mol. The number of aryl methyl sites for hydroxylation is 1. The lowest BCUT2D eigenvalue weighted by Gasteiger charge is -2.16. The number of carbonyl (C=O) groups is 1. The monoisotopic (exact) mass is 301 g/mol. The van der Waals surface area contributed by atoms with E-state index in [0.29, 0.717) is 0 Å². The molecule has 4 nitrogen and oxygen atoms in total. The van der Waals surface area contributed by atoms with Crippen molar-refractivity contribution in [1.82, 2.24) is 9.78 Å². The third kappa shape index (κ3) is 3.09. The van der Waals surface area contributed by atoms with E-state index in [9.17, 15) is 4.79 Å². The lowest BCUT2D eigenvalue weighted by atomic mass is 10.2. The SMILES string of the molecule is Cc1nn(C(C)C)c(C)c1NC(=O)C(C)(C)Br. The Balaban J connectivity index is 3.04. The molecule has 0 aliphatic heterocycles. The minimum absolute atomic E-state index is 0.0630. The molecule has 1 aromatic rings. The van der Waals surface area contributed by atoms with Crippen LogP contribution in [0.2, 0.25) is 0 Å². The van der Waals surface area contributed by atoms with Gasteiger partial charge in [0, 0.05) is 6.04 Å². The van der Waals surface area contributed by atoms with Gasteiger partial charge in [-0.05, 0) is 41.5 Å². The highest BCUT2D eigenvalue weighted by atomic mass is 79.9. The Bertz CT molecular complexity index is 430. The van der Waals surface area contributed by atoms with E-state index in [4.69, 9.17) is 0 Å². The van der Waals surface area contributed by atoms with Gasteiger partial charge >= 0.3 is 0 Å². The second-order valence-corrected chi connectivity index (χ2v) is 6.99. The van der Waals surface area contributed by atoms with Crippen molar-refractivity contribution in [2.75, 3.05) is 5.32 Å². The quantitative estimate of drug-likeness (QED) is 0.872. The van der Waals surface area contributed by atoms with E-state index in [-0.39, 0.29) is 11.9 Å². The van der Waals surface area contributed by atoms with Gasteiger partial charge in [0.2, 0.25) is 5.91 Å². The van der Waals surface area contributed by atoms with Crippen LogP contribution in [-0.2, 0) is 4.79 Å². The first-order valence-electron chi connectivity index (χ1n) is 5.70. The molecule has 17 heavy (non-hydrogen) atoms. The topological polar surface area (TPSA) is 46.9 Å². The first-order valence-corrected chi connectivity index (χ1v) is 6.50. The molecule has 1 aromatic heterocycles. The number of alkyl halides is 1. The molecule has 96 valence electrons. The number of hydrogen-bond donors (Lipinski definition) is 1. The smallest absolute Gasteiger partial charge is 0.240 e. The highest BCUT2D eigenvalue weighted by Gasteiger charge is 2.26. The van der Waals surface area contributed by atoms with E-state index < -0.39 is 4.32 Å². The molecule has 0 aliphatic carbocycles. The summed E-state index contributed by atoms with van der Waals surface area (Å²) in [5.74, 6) is -0.0630. The van der Waals surface area contributed by atoms with Crippen LogP contribution in [0, 0.1) is 13.8 Å². The molecule has 0 spiro atoms. The van der Waals surface area contributed by atoms with Crippen molar-refractivity contribution in [3.63, 3.8) is 0 Å². The summed E-state index contributed by atoms with van der Waals surface area (Å²) in [5, 5.41) is 7.36. The highest BCUT2D eigenvalue weighted by molar-refractivity contribution is 9.10. The van der Waals surface area contributed by atoms with Crippen molar-refractivity contribution < 1.29 is 4.79 Å². The number of amides is 1. The van der Waals surface area contributed by atoms with Crippen molar-refractivity contribution in [3.8, 4) is 0 Å². The number of anilines is 1. The Morgan fingerprint density at radius 1 is 1.41 bits per heavy atom. The van der Waals surface area contributed by atoms with E-state index in [2.05, 4.69) is 40.2 Å². The zero-order chi connectivity index (χ0) is 13.4. The Labute approximate surface area is 111 Å². The molecule has 0 saturated heterocycles. The number of hydrogen-bond acceptors (Lipinski definition) is 2. The fourth-order valence-electron chi connectivity index (χ4n) is 1.61. The molecule has 0 unspecified atom stereocenters. The summed E-state index contributed by atoms with van der Waals surface area (Å²) in [4.78, 5) is 11.9. The van der Waals surface area contributed by atoms with E-state index >= 15 is 0 Å². The normalized spacial score (nSPS) is 12.0. The maximum Gasteiger partial charge on any atom is 0.240 e. The van der Waals surface area contributed by atoms with E-state index in [1.807, 2.05) is 32.4 Å². The van der Waals surface area contributed by atoms with E-state index in [1.165, 1.54) is 0 Å². The lowest BCUT2D eigenvalue weighted by Crippen LogP contribution is -2.31. The van der Waals surface area contributed by atoms with Gasteiger partial charge in [0.05, 0.1) is 21.4 Å². The molecule has 1 amide bonds. The van der Waals surface area contributed by atoms with E-state index in [1.54, 1.807) is 0 Å². The summed E-state index contributed by atoms with van der Waals surface area (Å²) < 4.78 is 1.35. The predicted molar refractivity (Wildman–Crippen MR) is 73.7 cm³/mol. The minimum atomic E-state index is -0.578. The van der Waals surface area contributed by atoms with Gasteiger partial charge in [0.25, 0.3) is 0 Å². The molecule has 1 rings (SSSR count). The van der Waals surface area contributed by atoms with Crippen LogP contribution in [0.5, 0.6) is 0 Å². The Morgan fingerprint density at radius 3 is 2.29 bits per heavy atom. The number of aromatic nitrogens is 2. The molecule has 1 N–H and O–H groups in total. The molecular weight excluding hydrogens is 282 g/mol. The Morgan fingerprint density at radius 2 is 1.94 bits per heavy atom. The van der Waals surface area contributed by atoms with Crippen LogP contribution in [0.15, 0.2) is 0 Å². The fourth-order valence-corrected chi connectivity index (χ4v) is 1.71.